The van der Waals surface area contributed by atoms with Crippen LogP contribution in [-0.4, -0.2) is 56.3 Å². The van der Waals surface area contributed by atoms with E-state index in [-0.39, 0.29) is 24.0 Å². The molecule has 7 nitrogen and oxygen atoms in total. The topological polar surface area (TPSA) is 87.7 Å². The molecule has 3 atom stereocenters. The molecule has 0 spiro atoms. The first-order valence-corrected chi connectivity index (χ1v) is 12.6. The molecule has 1 aliphatic heterocycles. The van der Waals surface area contributed by atoms with Crippen molar-refractivity contribution in [2.24, 2.45) is 5.92 Å². The summed E-state index contributed by atoms with van der Waals surface area (Å²) in [5.41, 5.74) is 3.52. The van der Waals surface area contributed by atoms with E-state index >= 15 is 0 Å². The monoisotopic (exact) mass is 441 g/mol. The van der Waals surface area contributed by atoms with E-state index in [1.807, 2.05) is 0 Å². The fourth-order valence-corrected chi connectivity index (χ4v) is 4.73. The van der Waals surface area contributed by atoms with Crippen LogP contribution in [0.5, 0.6) is 0 Å². The molecule has 0 aromatic heterocycles. The third-order valence-corrected chi connectivity index (χ3v) is 7.54. The summed E-state index contributed by atoms with van der Waals surface area (Å²) in [7, 11) is -3.23. The summed E-state index contributed by atoms with van der Waals surface area (Å²) in [6.07, 6.45) is 5.14. The molecule has 2 rings (SSSR count). The maximum absolute atomic E-state index is 12.4. The zero-order valence-electron chi connectivity index (χ0n) is 19.3. The van der Waals surface area contributed by atoms with Crippen molar-refractivity contribution in [3.8, 4) is 0 Å². The van der Waals surface area contributed by atoms with Gasteiger partial charge in [0.25, 0.3) is 0 Å². The molecular weight excluding hydrogens is 402 g/mol. The number of rotatable bonds is 9. The molecule has 8 heteroatoms. The van der Waals surface area contributed by atoms with Gasteiger partial charge in [-0.1, -0.05) is 6.92 Å². The van der Waals surface area contributed by atoms with Crippen molar-refractivity contribution in [3.05, 3.63) is 23.0 Å². The Balaban J connectivity index is 1.84. The van der Waals surface area contributed by atoms with E-state index in [9.17, 15) is 13.2 Å². The van der Waals surface area contributed by atoms with Crippen LogP contribution in [0.1, 0.15) is 67.2 Å². The zero-order chi connectivity index (χ0) is 22.5. The molecule has 0 saturated carbocycles. The lowest BCUT2D eigenvalue weighted by Gasteiger charge is -2.41. The van der Waals surface area contributed by atoms with E-state index in [4.69, 9.17) is 4.74 Å². The van der Waals surface area contributed by atoms with Crippen LogP contribution >= 0.6 is 0 Å². The Morgan fingerprint density at radius 1 is 1.20 bits per heavy atom. The molecule has 1 heterocycles. The second kappa shape index (κ2) is 10.8. The molecule has 0 radical (unpaired) electrons. The minimum Gasteiger partial charge on any atom is -0.372 e. The number of sulfonamides is 1. The minimum absolute atomic E-state index is 0.00955. The lowest BCUT2D eigenvalue weighted by Crippen LogP contribution is -2.45. The summed E-state index contributed by atoms with van der Waals surface area (Å²) >= 11 is 0. The third-order valence-electron chi connectivity index (χ3n) is 5.70. The summed E-state index contributed by atoms with van der Waals surface area (Å²) in [5, 5.41) is 2.63. The van der Waals surface area contributed by atoms with Gasteiger partial charge in [0.15, 0.2) is 0 Å². The van der Waals surface area contributed by atoms with Crippen LogP contribution in [0.4, 0.5) is 0 Å². The molecule has 1 aliphatic carbocycles. The average Bonchev–Trinajstić information content (AvgIpc) is 2.63. The molecule has 0 aromatic rings. The molecule has 2 N–H and O–H groups in total. The first-order valence-electron chi connectivity index (χ1n) is 11.1. The van der Waals surface area contributed by atoms with Gasteiger partial charge in [0, 0.05) is 43.4 Å². The van der Waals surface area contributed by atoms with Crippen molar-refractivity contribution in [1.82, 2.24) is 14.9 Å². The van der Waals surface area contributed by atoms with Crippen LogP contribution in [0, 0.1) is 5.92 Å². The maximum atomic E-state index is 12.4. The number of allylic oxidation sites excluding steroid dienone is 4. The molecule has 0 aromatic carbocycles. The van der Waals surface area contributed by atoms with Gasteiger partial charge in [0.1, 0.15) is 0 Å². The van der Waals surface area contributed by atoms with Crippen molar-refractivity contribution in [1.29, 1.82) is 0 Å². The van der Waals surface area contributed by atoms with Crippen molar-refractivity contribution >= 4 is 15.9 Å². The molecule has 3 unspecified atom stereocenters. The quantitative estimate of drug-likeness (QED) is 0.537. The average molecular weight is 442 g/mol. The lowest BCUT2D eigenvalue weighted by molar-refractivity contribution is -0.120. The van der Waals surface area contributed by atoms with E-state index in [2.05, 4.69) is 48.7 Å². The number of nitrogens with zero attached hydrogens (tertiary/aromatic N) is 1. The van der Waals surface area contributed by atoms with Gasteiger partial charge in [-0.25, -0.2) is 13.1 Å². The first kappa shape index (κ1) is 24.9. The highest BCUT2D eigenvalue weighted by Gasteiger charge is 2.28. The number of nitrogens with one attached hydrogen (secondary N) is 2. The van der Waals surface area contributed by atoms with Crippen LogP contribution in [-0.2, 0) is 19.6 Å². The van der Waals surface area contributed by atoms with Gasteiger partial charge in [-0.3, -0.25) is 4.79 Å². The van der Waals surface area contributed by atoms with E-state index in [0.29, 0.717) is 25.8 Å². The van der Waals surface area contributed by atoms with Crippen LogP contribution in [0.2, 0.25) is 0 Å². The number of unbranched alkanes of at least 4 members (excludes halogenated alkanes) is 1. The number of ether oxygens (including phenoxy) is 1. The Morgan fingerprint density at radius 3 is 2.43 bits per heavy atom. The largest absolute Gasteiger partial charge is 0.372 e. The van der Waals surface area contributed by atoms with Crippen LogP contribution in [0.25, 0.3) is 0 Å². The number of carbonyl (C=O) groups excluding carboxylic acids is 1. The molecule has 2 aliphatic rings. The molecular formula is C22H39N3O4S. The summed E-state index contributed by atoms with van der Waals surface area (Å²) in [6, 6.07) is 0. The normalized spacial score (nSPS) is 25.5. The fourth-order valence-electron chi connectivity index (χ4n) is 3.97. The Kier molecular flexibility index (Phi) is 8.94. The molecule has 1 fully saturated rings. The Hall–Kier alpha value is -1.38. The van der Waals surface area contributed by atoms with E-state index in [1.54, 1.807) is 13.8 Å². The second-order valence-corrected chi connectivity index (χ2v) is 11.3. The minimum atomic E-state index is -3.23. The van der Waals surface area contributed by atoms with E-state index in [0.717, 1.165) is 25.2 Å². The van der Waals surface area contributed by atoms with Crippen molar-refractivity contribution in [3.63, 3.8) is 0 Å². The Morgan fingerprint density at radius 2 is 1.83 bits per heavy atom. The number of carbonyl (C=O) groups is 1. The van der Waals surface area contributed by atoms with Crippen molar-refractivity contribution in [2.75, 3.05) is 19.6 Å². The smallest absolute Gasteiger partial charge is 0.224 e. The molecule has 30 heavy (non-hydrogen) atoms. The number of hydrogen-bond acceptors (Lipinski definition) is 5. The summed E-state index contributed by atoms with van der Waals surface area (Å²) in [5.74, 6) is 0.239. The Labute approximate surface area is 182 Å². The van der Waals surface area contributed by atoms with Gasteiger partial charge in [0.05, 0.1) is 17.5 Å². The van der Waals surface area contributed by atoms with Gasteiger partial charge >= 0.3 is 0 Å². The van der Waals surface area contributed by atoms with Crippen LogP contribution in [0.3, 0.4) is 0 Å². The van der Waals surface area contributed by atoms with Crippen LogP contribution in [0.15, 0.2) is 23.0 Å². The highest BCUT2D eigenvalue weighted by atomic mass is 32.2. The van der Waals surface area contributed by atoms with Gasteiger partial charge in [-0.15, -0.1) is 0 Å². The standard InChI is InChI=1S/C22H39N3O4S/c1-15(2)30(27,28)23-10-8-7-9-22(26)24-20-11-17(4)21(12-16(20)3)25-13-18(5)29-19(6)14-25/h11,15-16,18-19,23H,7-10,12-14H2,1-6H3,(H,24,26). The molecule has 1 amide bonds. The molecule has 0 bridgehead atoms. The SMILES string of the molecule is CC1=C(N2CC(C)OC(C)C2)CC(C)C(NC(=O)CCCCNS(=O)(=O)C(C)C)=C1. The molecule has 172 valence electrons. The lowest BCUT2D eigenvalue weighted by atomic mass is 9.91. The summed E-state index contributed by atoms with van der Waals surface area (Å²) in [6.45, 7) is 14.0. The van der Waals surface area contributed by atoms with Gasteiger partial charge < -0.3 is 15.0 Å². The van der Waals surface area contributed by atoms with Gasteiger partial charge in [0.2, 0.25) is 15.9 Å². The predicted octanol–water partition coefficient (Wildman–Crippen LogP) is 2.91. The zero-order valence-corrected chi connectivity index (χ0v) is 20.1. The highest BCUT2D eigenvalue weighted by Crippen LogP contribution is 2.31. The highest BCUT2D eigenvalue weighted by molar-refractivity contribution is 7.90. The van der Waals surface area contributed by atoms with Gasteiger partial charge in [-0.05, 0) is 65.5 Å². The van der Waals surface area contributed by atoms with E-state index in [1.165, 1.54) is 11.3 Å². The molecule has 1 saturated heterocycles. The second-order valence-electron chi connectivity index (χ2n) is 8.99. The van der Waals surface area contributed by atoms with E-state index < -0.39 is 15.3 Å². The fraction of sp³-hybridized carbons (Fsp3) is 0.773. The Bertz CT molecular complexity index is 763. The first-order chi connectivity index (χ1) is 14.0. The van der Waals surface area contributed by atoms with Crippen LogP contribution < -0.4 is 10.0 Å². The predicted molar refractivity (Wildman–Crippen MR) is 120 cm³/mol. The third kappa shape index (κ3) is 7.10. The number of amides is 1. The number of morpholine rings is 1. The van der Waals surface area contributed by atoms with Gasteiger partial charge in [-0.2, -0.15) is 0 Å². The van der Waals surface area contributed by atoms with Crippen molar-refractivity contribution in [2.45, 2.75) is 84.7 Å². The number of hydrogen-bond donors (Lipinski definition) is 2. The van der Waals surface area contributed by atoms with Crippen molar-refractivity contribution < 1.29 is 17.9 Å². The summed E-state index contributed by atoms with van der Waals surface area (Å²) < 4.78 is 31.9. The maximum Gasteiger partial charge on any atom is 0.224 e. The summed E-state index contributed by atoms with van der Waals surface area (Å²) in [4.78, 5) is 14.8.